The first-order valence-electron chi connectivity index (χ1n) is 9.27. The molecule has 0 unspecified atom stereocenters. The number of unbranched alkanes of at least 4 members (excludes halogenated alkanes) is 1. The monoisotopic (exact) mass is 405 g/mol. The third kappa shape index (κ3) is 10.2. The lowest BCUT2D eigenvalue weighted by Gasteiger charge is -2.22. The lowest BCUT2D eigenvalue weighted by atomic mass is 9.95. The van der Waals surface area contributed by atoms with E-state index in [4.69, 9.17) is 0 Å². The van der Waals surface area contributed by atoms with Gasteiger partial charge in [0.2, 0.25) is 0 Å². The molecule has 4 N–H and O–H groups in total. The maximum Gasteiger partial charge on any atom is 0.251 e. The Balaban J connectivity index is 0.00000312. The van der Waals surface area contributed by atoms with E-state index in [1.807, 2.05) is 0 Å². The molecule has 0 radical (unpaired) electrons. The Morgan fingerprint density at radius 3 is 2.46 bits per heavy atom. The van der Waals surface area contributed by atoms with Gasteiger partial charge in [0.05, 0.1) is 0 Å². The van der Waals surface area contributed by atoms with E-state index in [-0.39, 0.29) is 36.5 Å². The Morgan fingerprint density at radius 1 is 1.00 bits per heavy atom. The molecule has 0 spiro atoms. The van der Waals surface area contributed by atoms with E-state index in [2.05, 4.69) is 16.0 Å². The lowest BCUT2D eigenvalue weighted by Crippen LogP contribution is -2.36. The van der Waals surface area contributed by atoms with Crippen molar-refractivity contribution in [3.05, 3.63) is 29.8 Å². The van der Waals surface area contributed by atoms with Crippen molar-refractivity contribution in [3.63, 3.8) is 0 Å². The van der Waals surface area contributed by atoms with Gasteiger partial charge in [-0.05, 0) is 50.4 Å². The van der Waals surface area contributed by atoms with Crippen molar-refractivity contribution in [2.24, 2.45) is 0 Å². The van der Waals surface area contributed by atoms with Gasteiger partial charge >= 0.3 is 0 Å². The van der Waals surface area contributed by atoms with Gasteiger partial charge in [0, 0.05) is 31.2 Å². The highest BCUT2D eigenvalue weighted by atomic mass is 35.5. The van der Waals surface area contributed by atoms with Gasteiger partial charge < -0.3 is 21.1 Å². The molecule has 1 fully saturated rings. The number of hydrogen-bond donors (Lipinski definition) is 4. The Bertz CT molecular complexity index is 497. The molecule has 1 aromatic rings. The van der Waals surface area contributed by atoms with E-state index in [9.17, 15) is 9.90 Å². The smallest absolute Gasteiger partial charge is 0.251 e. The van der Waals surface area contributed by atoms with Crippen molar-refractivity contribution in [1.29, 1.82) is 0 Å². The standard InChI is InChI=1S/C19H31N3O2.2ClH/c23-18-10-6-7-16(15-18)19(24)22-12-5-4-11-20-13-14-21-17-8-2-1-3-9-17;;/h6-7,10,15,17,20-21,23H,1-5,8-9,11-14H2,(H,22,24);2*1H. The van der Waals surface area contributed by atoms with Gasteiger partial charge in [-0.1, -0.05) is 25.3 Å². The molecule has 1 aliphatic carbocycles. The number of phenols is 1. The third-order valence-corrected chi connectivity index (χ3v) is 4.51. The topological polar surface area (TPSA) is 73.4 Å². The van der Waals surface area contributed by atoms with Crippen LogP contribution in [0.15, 0.2) is 24.3 Å². The first kappa shape index (κ1) is 25.0. The van der Waals surface area contributed by atoms with E-state index in [1.54, 1.807) is 18.2 Å². The van der Waals surface area contributed by atoms with Crippen LogP contribution >= 0.6 is 24.8 Å². The van der Waals surface area contributed by atoms with Crippen molar-refractivity contribution in [2.75, 3.05) is 26.2 Å². The molecule has 5 nitrogen and oxygen atoms in total. The van der Waals surface area contributed by atoms with Crippen LogP contribution in [0.25, 0.3) is 0 Å². The Kier molecular flexibility index (Phi) is 14.5. The quantitative estimate of drug-likeness (QED) is 0.450. The molecule has 1 amide bonds. The minimum Gasteiger partial charge on any atom is -0.508 e. The lowest BCUT2D eigenvalue weighted by molar-refractivity contribution is 0.0952. The fourth-order valence-corrected chi connectivity index (χ4v) is 3.12. The zero-order valence-electron chi connectivity index (χ0n) is 15.3. The molecule has 0 bridgehead atoms. The predicted molar refractivity (Wildman–Crippen MR) is 112 cm³/mol. The second kappa shape index (κ2) is 15.1. The highest BCUT2D eigenvalue weighted by Gasteiger charge is 2.11. The van der Waals surface area contributed by atoms with Gasteiger partial charge in [0.15, 0.2) is 0 Å². The summed E-state index contributed by atoms with van der Waals surface area (Å²) in [5.41, 5.74) is 0.502. The summed E-state index contributed by atoms with van der Waals surface area (Å²) in [6.07, 6.45) is 8.81. The van der Waals surface area contributed by atoms with Crippen LogP contribution in [0, 0.1) is 0 Å². The van der Waals surface area contributed by atoms with Crippen LogP contribution < -0.4 is 16.0 Å². The first-order valence-corrected chi connectivity index (χ1v) is 9.27. The average molecular weight is 406 g/mol. The van der Waals surface area contributed by atoms with Gasteiger partial charge in [-0.25, -0.2) is 0 Å². The zero-order chi connectivity index (χ0) is 17.0. The highest BCUT2D eigenvalue weighted by Crippen LogP contribution is 2.16. The molecule has 0 aliphatic heterocycles. The molecular weight excluding hydrogens is 373 g/mol. The number of nitrogens with one attached hydrogen (secondary N) is 3. The number of benzene rings is 1. The van der Waals surface area contributed by atoms with Gasteiger partial charge in [0.25, 0.3) is 5.91 Å². The first-order chi connectivity index (χ1) is 11.8. The number of carbonyl (C=O) groups excluding carboxylic acids is 1. The van der Waals surface area contributed by atoms with Crippen molar-refractivity contribution in [3.8, 4) is 5.75 Å². The van der Waals surface area contributed by atoms with Gasteiger partial charge in [0.1, 0.15) is 5.75 Å². The van der Waals surface area contributed by atoms with E-state index >= 15 is 0 Å². The van der Waals surface area contributed by atoms with E-state index in [1.165, 1.54) is 38.2 Å². The van der Waals surface area contributed by atoms with Crippen LogP contribution in [0.5, 0.6) is 5.75 Å². The number of phenolic OH excluding ortho intramolecular Hbond substituents is 1. The number of hydrogen-bond acceptors (Lipinski definition) is 4. The number of amides is 1. The summed E-state index contributed by atoms with van der Waals surface area (Å²) in [6.45, 7) is 3.69. The van der Waals surface area contributed by atoms with Crippen LogP contribution in [-0.4, -0.2) is 43.2 Å². The minimum absolute atomic E-state index is 0. The number of halogens is 2. The van der Waals surface area contributed by atoms with Gasteiger partial charge in [-0.15, -0.1) is 24.8 Å². The second-order valence-corrected chi connectivity index (χ2v) is 6.55. The van der Waals surface area contributed by atoms with Crippen LogP contribution in [0.1, 0.15) is 55.3 Å². The normalized spacial score (nSPS) is 14.2. The maximum absolute atomic E-state index is 11.9. The van der Waals surface area contributed by atoms with Crippen molar-refractivity contribution >= 4 is 30.7 Å². The molecule has 2 rings (SSSR count). The van der Waals surface area contributed by atoms with Crippen LogP contribution in [0.2, 0.25) is 0 Å². The van der Waals surface area contributed by atoms with Gasteiger partial charge in [-0.2, -0.15) is 0 Å². The summed E-state index contributed by atoms with van der Waals surface area (Å²) >= 11 is 0. The van der Waals surface area contributed by atoms with E-state index < -0.39 is 0 Å². The average Bonchev–Trinajstić information content (AvgIpc) is 2.61. The SMILES string of the molecule is Cl.Cl.O=C(NCCCCNCCNC1CCCCC1)c1cccc(O)c1. The molecular formula is C19H33Cl2N3O2. The maximum atomic E-state index is 11.9. The number of carbonyl (C=O) groups is 1. The summed E-state index contributed by atoms with van der Waals surface area (Å²) in [5, 5.41) is 19.3. The van der Waals surface area contributed by atoms with Crippen molar-refractivity contribution in [2.45, 2.75) is 51.0 Å². The molecule has 1 aromatic carbocycles. The molecule has 0 heterocycles. The van der Waals surface area contributed by atoms with Gasteiger partial charge in [-0.3, -0.25) is 4.79 Å². The Hall–Kier alpha value is -1.01. The summed E-state index contributed by atoms with van der Waals surface area (Å²) in [6, 6.07) is 7.15. The minimum atomic E-state index is -0.129. The number of rotatable bonds is 10. The second-order valence-electron chi connectivity index (χ2n) is 6.55. The Labute approximate surface area is 169 Å². The largest absolute Gasteiger partial charge is 0.508 e. The predicted octanol–water partition coefficient (Wildman–Crippen LogP) is 3.26. The summed E-state index contributed by atoms with van der Waals surface area (Å²) < 4.78 is 0. The molecule has 26 heavy (non-hydrogen) atoms. The summed E-state index contributed by atoms with van der Waals surface area (Å²) in [4.78, 5) is 11.9. The molecule has 0 aromatic heterocycles. The molecule has 0 atom stereocenters. The van der Waals surface area contributed by atoms with E-state index in [0.29, 0.717) is 12.1 Å². The highest BCUT2D eigenvalue weighted by molar-refractivity contribution is 5.94. The Morgan fingerprint density at radius 2 is 1.73 bits per heavy atom. The third-order valence-electron chi connectivity index (χ3n) is 4.51. The fourth-order valence-electron chi connectivity index (χ4n) is 3.12. The van der Waals surface area contributed by atoms with Crippen LogP contribution in [0.4, 0.5) is 0 Å². The number of aromatic hydroxyl groups is 1. The molecule has 7 heteroatoms. The van der Waals surface area contributed by atoms with Crippen LogP contribution in [-0.2, 0) is 0 Å². The van der Waals surface area contributed by atoms with Crippen LogP contribution in [0.3, 0.4) is 0 Å². The van der Waals surface area contributed by atoms with Crippen molar-refractivity contribution < 1.29 is 9.90 Å². The summed E-state index contributed by atoms with van der Waals surface area (Å²) in [5.74, 6) is -0.00997. The van der Waals surface area contributed by atoms with Crippen molar-refractivity contribution in [1.82, 2.24) is 16.0 Å². The zero-order valence-corrected chi connectivity index (χ0v) is 17.0. The fraction of sp³-hybridized carbons (Fsp3) is 0.632. The van der Waals surface area contributed by atoms with E-state index in [0.717, 1.165) is 38.5 Å². The molecule has 1 saturated carbocycles. The molecule has 150 valence electrons. The molecule has 0 saturated heterocycles. The molecule has 1 aliphatic rings. The summed E-state index contributed by atoms with van der Waals surface area (Å²) in [7, 11) is 0.